The van der Waals surface area contributed by atoms with Gasteiger partial charge in [-0.15, -0.1) is 0 Å². The zero-order valence-corrected chi connectivity index (χ0v) is 12.1. The molecular formula is C16H21N3O. The fraction of sp³-hybridized carbons (Fsp3) is 0.438. The van der Waals surface area contributed by atoms with Gasteiger partial charge < -0.3 is 14.8 Å². The average molecular weight is 271 g/mol. The van der Waals surface area contributed by atoms with Gasteiger partial charge in [0.2, 0.25) is 0 Å². The third kappa shape index (κ3) is 2.31. The van der Waals surface area contributed by atoms with Crippen molar-refractivity contribution in [1.82, 2.24) is 9.88 Å². The molecule has 0 bridgehead atoms. The van der Waals surface area contributed by atoms with Gasteiger partial charge in [0.1, 0.15) is 0 Å². The first-order valence-corrected chi connectivity index (χ1v) is 7.16. The number of piperidine rings is 1. The molecular weight excluding hydrogens is 250 g/mol. The first-order chi connectivity index (χ1) is 9.69. The number of anilines is 1. The number of likely N-dealkylation sites (tertiary alicyclic amines) is 1. The standard InChI is InChI=1S/C16H21N3O/c1-18-7-5-13(6-8-18)19(2)14-3-4-16-15(9-14)12(11-20)10-17-16/h3-4,9-11,13,17H,5-8H2,1-2H3. The Labute approximate surface area is 119 Å². The van der Waals surface area contributed by atoms with Crippen LogP contribution in [0.15, 0.2) is 24.4 Å². The Kier molecular flexibility index (Phi) is 3.49. The van der Waals surface area contributed by atoms with Crippen molar-refractivity contribution in [2.45, 2.75) is 18.9 Å². The van der Waals surface area contributed by atoms with Crippen LogP contribution in [-0.2, 0) is 0 Å². The van der Waals surface area contributed by atoms with Crippen molar-refractivity contribution in [3.63, 3.8) is 0 Å². The molecule has 2 aromatic rings. The van der Waals surface area contributed by atoms with Crippen LogP contribution in [0.5, 0.6) is 0 Å². The van der Waals surface area contributed by atoms with E-state index in [1.165, 1.54) is 18.5 Å². The number of aromatic nitrogens is 1. The quantitative estimate of drug-likeness (QED) is 0.872. The molecule has 3 rings (SSSR count). The molecule has 0 unspecified atom stereocenters. The number of carbonyl (C=O) groups is 1. The Morgan fingerprint density at radius 3 is 2.80 bits per heavy atom. The van der Waals surface area contributed by atoms with Crippen molar-refractivity contribution >= 4 is 22.9 Å². The zero-order valence-electron chi connectivity index (χ0n) is 12.1. The lowest BCUT2D eigenvalue weighted by atomic mass is 10.0. The molecule has 1 aliphatic heterocycles. The molecule has 1 aromatic carbocycles. The second-order valence-corrected chi connectivity index (χ2v) is 5.74. The Hall–Kier alpha value is -1.81. The summed E-state index contributed by atoms with van der Waals surface area (Å²) in [6, 6.07) is 6.89. The van der Waals surface area contributed by atoms with E-state index in [-0.39, 0.29) is 0 Å². The molecule has 1 aromatic heterocycles. The zero-order chi connectivity index (χ0) is 14.1. The number of rotatable bonds is 3. The lowest BCUT2D eigenvalue weighted by Crippen LogP contribution is -2.41. The van der Waals surface area contributed by atoms with E-state index < -0.39 is 0 Å². The average Bonchev–Trinajstić information content (AvgIpc) is 2.89. The summed E-state index contributed by atoms with van der Waals surface area (Å²) < 4.78 is 0. The highest BCUT2D eigenvalue weighted by Crippen LogP contribution is 2.26. The predicted octanol–water partition coefficient (Wildman–Crippen LogP) is 2.51. The topological polar surface area (TPSA) is 39.3 Å². The lowest BCUT2D eigenvalue weighted by Gasteiger charge is -2.36. The van der Waals surface area contributed by atoms with Crippen LogP contribution in [0.25, 0.3) is 10.9 Å². The Balaban J connectivity index is 1.87. The highest BCUT2D eigenvalue weighted by atomic mass is 16.1. The van der Waals surface area contributed by atoms with Gasteiger partial charge in [-0.25, -0.2) is 0 Å². The molecule has 1 aliphatic rings. The summed E-state index contributed by atoms with van der Waals surface area (Å²) >= 11 is 0. The number of aromatic amines is 1. The molecule has 0 radical (unpaired) electrons. The van der Waals surface area contributed by atoms with E-state index >= 15 is 0 Å². The van der Waals surface area contributed by atoms with Gasteiger partial charge in [0.15, 0.2) is 6.29 Å². The summed E-state index contributed by atoms with van der Waals surface area (Å²) in [7, 11) is 4.34. The third-order valence-electron chi connectivity index (χ3n) is 4.47. The van der Waals surface area contributed by atoms with Crippen LogP contribution in [0.2, 0.25) is 0 Å². The van der Waals surface area contributed by atoms with Crippen molar-refractivity contribution in [2.75, 3.05) is 32.1 Å². The van der Waals surface area contributed by atoms with Crippen molar-refractivity contribution < 1.29 is 4.79 Å². The van der Waals surface area contributed by atoms with Gasteiger partial charge in [-0.2, -0.15) is 0 Å². The number of nitrogens with zero attached hydrogens (tertiary/aromatic N) is 2. The number of H-pyrrole nitrogens is 1. The number of benzene rings is 1. The maximum Gasteiger partial charge on any atom is 0.152 e. The summed E-state index contributed by atoms with van der Waals surface area (Å²) in [5.74, 6) is 0. The van der Waals surface area contributed by atoms with Crippen LogP contribution < -0.4 is 4.90 Å². The van der Waals surface area contributed by atoms with Crippen LogP contribution in [0, 0.1) is 0 Å². The van der Waals surface area contributed by atoms with Gasteiger partial charge in [0.25, 0.3) is 0 Å². The van der Waals surface area contributed by atoms with Crippen LogP contribution >= 0.6 is 0 Å². The molecule has 1 saturated heterocycles. The van der Waals surface area contributed by atoms with E-state index in [9.17, 15) is 4.79 Å². The molecule has 0 saturated carbocycles. The molecule has 106 valence electrons. The summed E-state index contributed by atoms with van der Waals surface area (Å²) in [5, 5.41) is 1.01. The van der Waals surface area contributed by atoms with Gasteiger partial charge in [0, 0.05) is 41.4 Å². The molecule has 0 atom stereocenters. The number of hydrogen-bond acceptors (Lipinski definition) is 3. The van der Waals surface area contributed by atoms with E-state index in [1.807, 2.05) is 0 Å². The van der Waals surface area contributed by atoms with Gasteiger partial charge in [-0.05, 0) is 51.2 Å². The Morgan fingerprint density at radius 2 is 2.10 bits per heavy atom. The van der Waals surface area contributed by atoms with Gasteiger partial charge in [-0.1, -0.05) is 0 Å². The molecule has 2 heterocycles. The maximum absolute atomic E-state index is 11.1. The smallest absolute Gasteiger partial charge is 0.152 e. The lowest BCUT2D eigenvalue weighted by molar-refractivity contribution is 0.112. The molecule has 1 fully saturated rings. The first kappa shape index (κ1) is 13.2. The fourth-order valence-electron chi connectivity index (χ4n) is 3.04. The van der Waals surface area contributed by atoms with E-state index in [2.05, 4.69) is 47.1 Å². The maximum atomic E-state index is 11.1. The number of hydrogen-bond donors (Lipinski definition) is 1. The molecule has 20 heavy (non-hydrogen) atoms. The second kappa shape index (κ2) is 5.29. The number of nitrogens with one attached hydrogen (secondary N) is 1. The van der Waals surface area contributed by atoms with Gasteiger partial charge >= 0.3 is 0 Å². The largest absolute Gasteiger partial charge is 0.371 e. The highest BCUT2D eigenvalue weighted by Gasteiger charge is 2.21. The first-order valence-electron chi connectivity index (χ1n) is 7.16. The second-order valence-electron chi connectivity index (χ2n) is 5.74. The monoisotopic (exact) mass is 271 g/mol. The summed E-state index contributed by atoms with van der Waals surface area (Å²) in [6.07, 6.45) is 5.08. The molecule has 0 aliphatic carbocycles. The predicted molar refractivity (Wildman–Crippen MR) is 82.6 cm³/mol. The number of carbonyl (C=O) groups excluding carboxylic acids is 1. The highest BCUT2D eigenvalue weighted by molar-refractivity contribution is 5.98. The van der Waals surface area contributed by atoms with Crippen LogP contribution in [0.1, 0.15) is 23.2 Å². The molecule has 0 amide bonds. The number of fused-ring (bicyclic) bond motifs is 1. The fourth-order valence-corrected chi connectivity index (χ4v) is 3.04. The molecule has 0 spiro atoms. The van der Waals surface area contributed by atoms with Crippen molar-refractivity contribution in [2.24, 2.45) is 0 Å². The van der Waals surface area contributed by atoms with E-state index in [0.29, 0.717) is 6.04 Å². The summed E-state index contributed by atoms with van der Waals surface area (Å²) in [5.41, 5.74) is 2.95. The van der Waals surface area contributed by atoms with Crippen LogP contribution in [0.4, 0.5) is 5.69 Å². The van der Waals surface area contributed by atoms with Crippen LogP contribution in [-0.4, -0.2) is 49.4 Å². The van der Waals surface area contributed by atoms with Gasteiger partial charge in [0.05, 0.1) is 0 Å². The third-order valence-corrected chi connectivity index (χ3v) is 4.47. The minimum absolute atomic E-state index is 0.585. The summed E-state index contributed by atoms with van der Waals surface area (Å²) in [4.78, 5) is 18.9. The molecule has 4 heteroatoms. The normalized spacial score (nSPS) is 17.5. The van der Waals surface area contributed by atoms with E-state index in [0.717, 1.165) is 35.8 Å². The summed E-state index contributed by atoms with van der Waals surface area (Å²) in [6.45, 7) is 2.31. The van der Waals surface area contributed by atoms with E-state index in [4.69, 9.17) is 0 Å². The van der Waals surface area contributed by atoms with Crippen molar-refractivity contribution in [3.8, 4) is 0 Å². The van der Waals surface area contributed by atoms with Crippen LogP contribution in [0.3, 0.4) is 0 Å². The van der Waals surface area contributed by atoms with Crippen molar-refractivity contribution in [3.05, 3.63) is 30.0 Å². The minimum atomic E-state index is 0.585. The SMILES string of the molecule is CN1CCC(N(C)c2ccc3[nH]cc(C=O)c3c2)CC1. The van der Waals surface area contributed by atoms with Crippen molar-refractivity contribution in [1.29, 1.82) is 0 Å². The van der Waals surface area contributed by atoms with Gasteiger partial charge in [-0.3, -0.25) is 4.79 Å². The minimum Gasteiger partial charge on any atom is -0.371 e. The van der Waals surface area contributed by atoms with E-state index in [1.54, 1.807) is 6.20 Å². The Bertz CT molecular complexity index is 611. The molecule has 1 N–H and O–H groups in total. The molecule has 4 nitrogen and oxygen atoms in total. The Morgan fingerprint density at radius 1 is 1.35 bits per heavy atom. The number of aldehydes is 1.